The molecule has 0 amide bonds. The van der Waals surface area contributed by atoms with Gasteiger partial charge in [-0.1, -0.05) is 0 Å². The third-order valence-electron chi connectivity index (χ3n) is 2.93. The zero-order valence-corrected chi connectivity index (χ0v) is 9.95. The zero-order valence-electron chi connectivity index (χ0n) is 9.95. The minimum Gasteiger partial charge on any atom is -0.308 e. The van der Waals surface area contributed by atoms with Crippen molar-refractivity contribution in [2.75, 3.05) is 0 Å². The second-order valence-corrected chi connectivity index (χ2v) is 5.52. The summed E-state index contributed by atoms with van der Waals surface area (Å²) < 4.78 is 2.13. The van der Waals surface area contributed by atoms with Crippen LogP contribution in [-0.2, 0) is 6.54 Å². The Hall–Kier alpha value is -0.830. The average Bonchev–Trinajstić information content (AvgIpc) is 2.45. The Bertz CT molecular complexity index is 318. The lowest BCUT2D eigenvalue weighted by Gasteiger charge is -2.25. The fraction of sp³-hybridized carbons (Fsp3) is 0.750. The number of nitrogens with one attached hydrogen (secondary N) is 1. The van der Waals surface area contributed by atoms with Crippen LogP contribution in [0.4, 0.5) is 0 Å². The van der Waals surface area contributed by atoms with E-state index in [0.717, 1.165) is 6.54 Å². The Balaban J connectivity index is 1.89. The molecule has 0 bridgehead atoms. The van der Waals surface area contributed by atoms with Crippen LogP contribution in [0.5, 0.6) is 0 Å². The van der Waals surface area contributed by atoms with Crippen LogP contribution in [0.1, 0.15) is 51.6 Å². The number of hydrogen-bond acceptors (Lipinski definition) is 2. The molecule has 84 valence electrons. The van der Waals surface area contributed by atoms with E-state index in [4.69, 9.17) is 0 Å². The highest BCUT2D eigenvalue weighted by Gasteiger charge is 2.20. The molecule has 3 heteroatoms. The van der Waals surface area contributed by atoms with Crippen LogP contribution in [-0.4, -0.2) is 15.3 Å². The highest BCUT2D eigenvalue weighted by atomic mass is 15.3. The Kier molecular flexibility index (Phi) is 2.83. The molecule has 1 aromatic rings. The van der Waals surface area contributed by atoms with Gasteiger partial charge in [-0.2, -0.15) is 5.10 Å². The summed E-state index contributed by atoms with van der Waals surface area (Å²) in [5.41, 5.74) is 1.47. The van der Waals surface area contributed by atoms with E-state index < -0.39 is 0 Å². The summed E-state index contributed by atoms with van der Waals surface area (Å²) in [4.78, 5) is 0. The Morgan fingerprint density at radius 3 is 2.73 bits per heavy atom. The lowest BCUT2D eigenvalue weighted by atomic mass is 9.93. The molecule has 2 rings (SSSR count). The summed E-state index contributed by atoms with van der Waals surface area (Å²) in [5.74, 6) is 0. The van der Waals surface area contributed by atoms with E-state index in [-0.39, 0.29) is 5.54 Å². The molecule has 15 heavy (non-hydrogen) atoms. The second-order valence-electron chi connectivity index (χ2n) is 5.52. The average molecular weight is 207 g/mol. The van der Waals surface area contributed by atoms with Gasteiger partial charge in [0.1, 0.15) is 0 Å². The Morgan fingerprint density at radius 2 is 2.20 bits per heavy atom. The molecule has 0 aromatic carbocycles. The SMILES string of the molecule is CC(C)(C)NCc1cnn(C2CCC2)c1. The van der Waals surface area contributed by atoms with Crippen molar-refractivity contribution < 1.29 is 0 Å². The van der Waals surface area contributed by atoms with Crippen LogP contribution >= 0.6 is 0 Å². The first-order valence-electron chi connectivity index (χ1n) is 5.83. The molecule has 1 saturated carbocycles. The van der Waals surface area contributed by atoms with E-state index in [0.29, 0.717) is 6.04 Å². The summed E-state index contributed by atoms with van der Waals surface area (Å²) in [6, 6.07) is 0.674. The third-order valence-corrected chi connectivity index (χ3v) is 2.93. The van der Waals surface area contributed by atoms with Crippen molar-refractivity contribution in [1.29, 1.82) is 0 Å². The first-order chi connectivity index (χ1) is 7.04. The summed E-state index contributed by atoms with van der Waals surface area (Å²) in [6.07, 6.45) is 8.13. The maximum atomic E-state index is 4.42. The van der Waals surface area contributed by atoms with Gasteiger partial charge in [-0.05, 0) is 40.0 Å². The van der Waals surface area contributed by atoms with E-state index in [2.05, 4.69) is 42.1 Å². The van der Waals surface area contributed by atoms with E-state index in [9.17, 15) is 0 Å². The predicted octanol–water partition coefficient (Wildman–Crippen LogP) is 2.50. The van der Waals surface area contributed by atoms with Crippen LogP contribution in [0.3, 0.4) is 0 Å². The van der Waals surface area contributed by atoms with Crippen molar-refractivity contribution >= 4 is 0 Å². The first-order valence-corrected chi connectivity index (χ1v) is 5.83. The maximum Gasteiger partial charge on any atom is 0.0534 e. The number of hydrogen-bond donors (Lipinski definition) is 1. The summed E-state index contributed by atoms with van der Waals surface area (Å²) in [5, 5.41) is 7.89. The van der Waals surface area contributed by atoms with Gasteiger partial charge in [0.25, 0.3) is 0 Å². The molecule has 1 aliphatic carbocycles. The van der Waals surface area contributed by atoms with Crippen LogP contribution < -0.4 is 5.32 Å². The van der Waals surface area contributed by atoms with E-state index >= 15 is 0 Å². The van der Waals surface area contributed by atoms with Crippen LogP contribution in [0.25, 0.3) is 0 Å². The molecule has 1 aromatic heterocycles. The van der Waals surface area contributed by atoms with E-state index in [1.165, 1.54) is 24.8 Å². The van der Waals surface area contributed by atoms with Crippen molar-refractivity contribution in [3.63, 3.8) is 0 Å². The van der Waals surface area contributed by atoms with Gasteiger partial charge in [-0.25, -0.2) is 0 Å². The summed E-state index contributed by atoms with van der Waals surface area (Å²) in [6.45, 7) is 7.46. The van der Waals surface area contributed by atoms with Crippen LogP contribution in [0, 0.1) is 0 Å². The molecule has 0 spiro atoms. The molecule has 0 atom stereocenters. The molecule has 1 N–H and O–H groups in total. The quantitative estimate of drug-likeness (QED) is 0.825. The molecule has 1 fully saturated rings. The maximum absolute atomic E-state index is 4.42. The number of aromatic nitrogens is 2. The van der Waals surface area contributed by atoms with Gasteiger partial charge >= 0.3 is 0 Å². The minimum absolute atomic E-state index is 0.179. The molecule has 0 radical (unpaired) electrons. The van der Waals surface area contributed by atoms with E-state index in [1.54, 1.807) is 0 Å². The van der Waals surface area contributed by atoms with Crippen LogP contribution in [0.15, 0.2) is 12.4 Å². The highest BCUT2D eigenvalue weighted by molar-refractivity contribution is 5.05. The first kappa shape index (κ1) is 10.7. The third kappa shape index (κ3) is 2.81. The lowest BCUT2D eigenvalue weighted by molar-refractivity contribution is 0.289. The minimum atomic E-state index is 0.179. The second kappa shape index (κ2) is 3.97. The summed E-state index contributed by atoms with van der Waals surface area (Å²) in [7, 11) is 0. The molecule has 1 aliphatic rings. The standard InChI is InChI=1S/C12H21N3/c1-12(2,3)13-7-10-8-14-15(9-10)11-5-4-6-11/h8-9,11,13H,4-7H2,1-3H3. The van der Waals surface area contributed by atoms with Crippen molar-refractivity contribution in [3.8, 4) is 0 Å². The van der Waals surface area contributed by atoms with Crippen molar-refractivity contribution in [2.24, 2.45) is 0 Å². The molecule has 0 aliphatic heterocycles. The van der Waals surface area contributed by atoms with Gasteiger partial charge < -0.3 is 5.32 Å². The molecular weight excluding hydrogens is 186 g/mol. The molecule has 0 unspecified atom stereocenters. The zero-order chi connectivity index (χ0) is 10.9. The highest BCUT2D eigenvalue weighted by Crippen LogP contribution is 2.30. The van der Waals surface area contributed by atoms with Crippen molar-refractivity contribution in [2.45, 2.75) is 58.2 Å². The van der Waals surface area contributed by atoms with E-state index in [1.807, 2.05) is 6.20 Å². The van der Waals surface area contributed by atoms with Gasteiger partial charge in [0.15, 0.2) is 0 Å². The summed E-state index contributed by atoms with van der Waals surface area (Å²) >= 11 is 0. The van der Waals surface area contributed by atoms with Gasteiger partial charge in [-0.15, -0.1) is 0 Å². The molecule has 1 heterocycles. The topological polar surface area (TPSA) is 29.9 Å². The van der Waals surface area contributed by atoms with Crippen LogP contribution in [0.2, 0.25) is 0 Å². The van der Waals surface area contributed by atoms with Gasteiger partial charge in [0.05, 0.1) is 12.2 Å². The van der Waals surface area contributed by atoms with Crippen molar-refractivity contribution in [1.82, 2.24) is 15.1 Å². The number of rotatable bonds is 3. The van der Waals surface area contributed by atoms with Gasteiger partial charge in [0, 0.05) is 23.8 Å². The predicted molar refractivity (Wildman–Crippen MR) is 61.7 cm³/mol. The van der Waals surface area contributed by atoms with Gasteiger partial charge in [0.2, 0.25) is 0 Å². The normalized spacial score (nSPS) is 17.8. The largest absolute Gasteiger partial charge is 0.308 e. The fourth-order valence-corrected chi connectivity index (χ4v) is 1.69. The monoisotopic (exact) mass is 207 g/mol. The lowest BCUT2D eigenvalue weighted by Crippen LogP contribution is -2.34. The molecule has 0 saturated heterocycles. The number of nitrogens with zero attached hydrogens (tertiary/aromatic N) is 2. The Labute approximate surface area is 91.9 Å². The Morgan fingerprint density at radius 1 is 1.47 bits per heavy atom. The van der Waals surface area contributed by atoms with Gasteiger partial charge in [-0.3, -0.25) is 4.68 Å². The molecule has 3 nitrogen and oxygen atoms in total. The fourth-order valence-electron chi connectivity index (χ4n) is 1.69. The smallest absolute Gasteiger partial charge is 0.0534 e. The molecular formula is C12H21N3. The van der Waals surface area contributed by atoms with Crippen molar-refractivity contribution in [3.05, 3.63) is 18.0 Å².